The summed E-state index contributed by atoms with van der Waals surface area (Å²) in [7, 11) is 0. The van der Waals surface area contributed by atoms with Crippen LogP contribution in [0.15, 0.2) is 18.2 Å². The lowest BCUT2D eigenvalue weighted by Crippen LogP contribution is -2.42. The number of amides is 1. The van der Waals surface area contributed by atoms with E-state index in [4.69, 9.17) is 10.8 Å². The number of hydrogen-bond acceptors (Lipinski definition) is 3. The fraction of sp³-hybridized carbons (Fsp3) is 0.467. The molecule has 0 aromatic heterocycles. The maximum Gasteiger partial charge on any atom is 0.305 e. The SMILES string of the molecule is NC(=O)c1ccc(NC2(CC(=O)O)CCCCC2)c(F)c1. The molecule has 0 spiro atoms. The zero-order chi connectivity index (χ0) is 15.5. The number of carbonyl (C=O) groups excluding carboxylic acids is 1. The van der Waals surface area contributed by atoms with Gasteiger partial charge in [0.15, 0.2) is 0 Å². The number of carboxylic acid groups (broad SMARTS) is 1. The smallest absolute Gasteiger partial charge is 0.305 e. The van der Waals surface area contributed by atoms with E-state index in [1.165, 1.54) is 12.1 Å². The molecule has 1 fully saturated rings. The number of aliphatic carboxylic acids is 1. The number of benzene rings is 1. The van der Waals surface area contributed by atoms with Crippen LogP contribution in [0.25, 0.3) is 0 Å². The number of anilines is 1. The van der Waals surface area contributed by atoms with Crippen LogP contribution in [0.1, 0.15) is 48.9 Å². The van der Waals surface area contributed by atoms with Gasteiger partial charge in [-0.2, -0.15) is 0 Å². The van der Waals surface area contributed by atoms with Gasteiger partial charge >= 0.3 is 5.97 Å². The van der Waals surface area contributed by atoms with Crippen LogP contribution in [0.2, 0.25) is 0 Å². The first-order valence-corrected chi connectivity index (χ1v) is 7.01. The first-order chi connectivity index (χ1) is 9.92. The molecule has 1 aliphatic carbocycles. The highest BCUT2D eigenvalue weighted by molar-refractivity contribution is 5.93. The lowest BCUT2D eigenvalue weighted by molar-refractivity contribution is -0.138. The third kappa shape index (κ3) is 3.71. The van der Waals surface area contributed by atoms with E-state index in [-0.39, 0.29) is 17.7 Å². The third-order valence-electron chi connectivity index (χ3n) is 3.95. The lowest BCUT2D eigenvalue weighted by atomic mass is 9.79. The number of nitrogens with one attached hydrogen (secondary N) is 1. The molecule has 0 aliphatic heterocycles. The monoisotopic (exact) mass is 294 g/mol. The molecular weight excluding hydrogens is 275 g/mol. The van der Waals surface area contributed by atoms with Gasteiger partial charge in [-0.05, 0) is 31.0 Å². The van der Waals surface area contributed by atoms with Gasteiger partial charge in [0.25, 0.3) is 0 Å². The third-order valence-corrected chi connectivity index (χ3v) is 3.95. The Kier molecular flexibility index (Phi) is 4.45. The fourth-order valence-electron chi connectivity index (χ4n) is 2.92. The Hall–Kier alpha value is -2.11. The first kappa shape index (κ1) is 15.3. The zero-order valence-electron chi connectivity index (χ0n) is 11.7. The quantitative estimate of drug-likeness (QED) is 0.778. The summed E-state index contributed by atoms with van der Waals surface area (Å²) >= 11 is 0. The van der Waals surface area contributed by atoms with Crippen LogP contribution in [-0.4, -0.2) is 22.5 Å². The van der Waals surface area contributed by atoms with Crippen molar-refractivity contribution in [3.63, 3.8) is 0 Å². The largest absolute Gasteiger partial charge is 0.481 e. The van der Waals surface area contributed by atoms with Crippen molar-refractivity contribution in [3.05, 3.63) is 29.6 Å². The molecule has 1 saturated carbocycles. The molecule has 1 aliphatic rings. The Balaban J connectivity index is 2.24. The van der Waals surface area contributed by atoms with Crippen molar-refractivity contribution in [2.45, 2.75) is 44.1 Å². The maximum absolute atomic E-state index is 14.1. The molecule has 1 amide bonds. The summed E-state index contributed by atoms with van der Waals surface area (Å²) < 4.78 is 14.1. The van der Waals surface area contributed by atoms with Gasteiger partial charge in [0, 0.05) is 11.1 Å². The van der Waals surface area contributed by atoms with Gasteiger partial charge < -0.3 is 16.2 Å². The van der Waals surface area contributed by atoms with Crippen LogP contribution in [0.3, 0.4) is 0 Å². The highest BCUT2D eigenvalue weighted by Gasteiger charge is 2.34. The molecule has 0 heterocycles. The molecule has 2 rings (SSSR count). The minimum absolute atomic E-state index is 0.0516. The average Bonchev–Trinajstić information content (AvgIpc) is 2.41. The lowest BCUT2D eigenvalue weighted by Gasteiger charge is -2.38. The Labute approximate surface area is 122 Å². The number of primary amides is 1. The van der Waals surface area contributed by atoms with Crippen LogP contribution < -0.4 is 11.1 Å². The van der Waals surface area contributed by atoms with E-state index < -0.39 is 23.2 Å². The Morgan fingerprint density at radius 2 is 1.95 bits per heavy atom. The molecule has 4 N–H and O–H groups in total. The maximum atomic E-state index is 14.1. The van der Waals surface area contributed by atoms with Gasteiger partial charge in [0.05, 0.1) is 12.1 Å². The number of rotatable bonds is 5. The molecule has 6 heteroatoms. The highest BCUT2D eigenvalue weighted by Crippen LogP contribution is 2.35. The predicted octanol–water partition coefficient (Wildman–Crippen LogP) is 2.51. The van der Waals surface area contributed by atoms with E-state index in [2.05, 4.69) is 5.32 Å². The molecule has 0 atom stereocenters. The number of carbonyl (C=O) groups is 2. The fourth-order valence-corrected chi connectivity index (χ4v) is 2.92. The van der Waals surface area contributed by atoms with Gasteiger partial charge in [-0.25, -0.2) is 4.39 Å². The van der Waals surface area contributed by atoms with E-state index in [1.54, 1.807) is 0 Å². The van der Waals surface area contributed by atoms with Crippen molar-refractivity contribution in [1.82, 2.24) is 0 Å². The van der Waals surface area contributed by atoms with Gasteiger partial charge in [0.1, 0.15) is 5.82 Å². The van der Waals surface area contributed by atoms with Crippen LogP contribution in [0.5, 0.6) is 0 Å². The van der Waals surface area contributed by atoms with Crippen molar-refractivity contribution >= 4 is 17.6 Å². The van der Waals surface area contributed by atoms with E-state index >= 15 is 0 Å². The number of carboxylic acids is 1. The van der Waals surface area contributed by atoms with Crippen molar-refractivity contribution in [3.8, 4) is 0 Å². The Bertz CT molecular complexity index is 554. The van der Waals surface area contributed by atoms with Gasteiger partial charge in [-0.15, -0.1) is 0 Å². The summed E-state index contributed by atoms with van der Waals surface area (Å²) in [5, 5.41) is 12.2. The summed E-state index contributed by atoms with van der Waals surface area (Å²) in [4.78, 5) is 22.1. The molecule has 0 saturated heterocycles. The summed E-state index contributed by atoms with van der Waals surface area (Å²) in [6, 6.07) is 3.95. The molecule has 21 heavy (non-hydrogen) atoms. The van der Waals surface area contributed by atoms with E-state index in [1.807, 2.05) is 0 Å². The second-order valence-electron chi connectivity index (χ2n) is 5.60. The van der Waals surface area contributed by atoms with Crippen LogP contribution in [0, 0.1) is 5.82 Å². The molecule has 0 radical (unpaired) electrons. The highest BCUT2D eigenvalue weighted by atomic mass is 19.1. The van der Waals surface area contributed by atoms with Crippen molar-refractivity contribution in [2.75, 3.05) is 5.32 Å². The van der Waals surface area contributed by atoms with Crippen molar-refractivity contribution in [2.24, 2.45) is 5.73 Å². The van der Waals surface area contributed by atoms with Gasteiger partial charge in [-0.1, -0.05) is 19.3 Å². The normalized spacial score (nSPS) is 17.2. The van der Waals surface area contributed by atoms with E-state index in [0.717, 1.165) is 25.3 Å². The van der Waals surface area contributed by atoms with E-state index in [0.29, 0.717) is 12.8 Å². The van der Waals surface area contributed by atoms with Crippen LogP contribution >= 0.6 is 0 Å². The molecule has 1 aromatic rings. The number of halogens is 1. The molecule has 1 aromatic carbocycles. The Morgan fingerprint density at radius 3 is 2.48 bits per heavy atom. The minimum Gasteiger partial charge on any atom is -0.481 e. The van der Waals surface area contributed by atoms with Crippen LogP contribution in [0.4, 0.5) is 10.1 Å². The molecule has 0 unspecified atom stereocenters. The predicted molar refractivity (Wildman–Crippen MR) is 76.6 cm³/mol. The summed E-state index contributed by atoms with van der Waals surface area (Å²) in [5.74, 6) is -2.20. The average molecular weight is 294 g/mol. The van der Waals surface area contributed by atoms with E-state index in [9.17, 15) is 14.0 Å². The standard InChI is InChI=1S/C15H19FN2O3/c16-11-8-10(14(17)21)4-5-12(11)18-15(9-13(19)20)6-2-1-3-7-15/h4-5,8,18H,1-3,6-7,9H2,(H2,17,21)(H,19,20). The first-order valence-electron chi connectivity index (χ1n) is 7.01. The number of hydrogen-bond donors (Lipinski definition) is 3. The summed E-state index contributed by atoms with van der Waals surface area (Å²) in [6.45, 7) is 0. The molecule has 5 nitrogen and oxygen atoms in total. The van der Waals surface area contributed by atoms with Crippen molar-refractivity contribution < 1.29 is 19.1 Å². The Morgan fingerprint density at radius 1 is 1.29 bits per heavy atom. The van der Waals surface area contributed by atoms with Gasteiger partial charge in [0.2, 0.25) is 5.91 Å². The second kappa shape index (κ2) is 6.11. The number of nitrogens with two attached hydrogens (primary N) is 1. The molecule has 0 bridgehead atoms. The second-order valence-corrected chi connectivity index (χ2v) is 5.60. The minimum atomic E-state index is -0.904. The summed E-state index contributed by atoms with van der Waals surface area (Å²) in [6.07, 6.45) is 4.23. The van der Waals surface area contributed by atoms with Crippen molar-refractivity contribution in [1.29, 1.82) is 0 Å². The van der Waals surface area contributed by atoms with Gasteiger partial charge in [-0.3, -0.25) is 9.59 Å². The van der Waals surface area contributed by atoms with Crippen LogP contribution in [-0.2, 0) is 4.79 Å². The molecule has 114 valence electrons. The summed E-state index contributed by atoms with van der Waals surface area (Å²) in [5.41, 5.74) is 4.78. The zero-order valence-corrected chi connectivity index (χ0v) is 11.7. The molecular formula is C15H19FN2O3. The topological polar surface area (TPSA) is 92.4 Å².